The molecular formula is C21H25N3O5S. The SMILES string of the molecule is COc1ccc([C@H]2N(C(=O)N3CCOCC3)CCN2S(=O)(=O)c2ccccc2)cc1. The number of nitrogens with zero attached hydrogens (tertiary/aromatic N) is 3. The molecule has 0 spiro atoms. The zero-order chi connectivity index (χ0) is 21.1. The lowest BCUT2D eigenvalue weighted by atomic mass is 10.1. The Morgan fingerprint density at radius 1 is 0.967 bits per heavy atom. The van der Waals surface area contributed by atoms with Crippen molar-refractivity contribution in [1.29, 1.82) is 0 Å². The molecule has 4 rings (SSSR count). The molecule has 2 amide bonds. The van der Waals surface area contributed by atoms with Crippen molar-refractivity contribution in [1.82, 2.24) is 14.1 Å². The minimum absolute atomic E-state index is 0.176. The van der Waals surface area contributed by atoms with Gasteiger partial charge in [0.05, 0.1) is 25.2 Å². The first-order valence-corrected chi connectivity index (χ1v) is 11.3. The second-order valence-corrected chi connectivity index (χ2v) is 9.04. The largest absolute Gasteiger partial charge is 0.497 e. The van der Waals surface area contributed by atoms with Crippen molar-refractivity contribution in [2.45, 2.75) is 11.1 Å². The third kappa shape index (κ3) is 3.88. The van der Waals surface area contributed by atoms with Gasteiger partial charge in [0.25, 0.3) is 0 Å². The number of sulfonamides is 1. The third-order valence-electron chi connectivity index (χ3n) is 5.42. The van der Waals surface area contributed by atoms with Crippen LogP contribution in [0.4, 0.5) is 4.79 Å². The molecule has 2 saturated heterocycles. The number of amides is 2. The molecule has 2 aromatic rings. The number of hydrogen-bond acceptors (Lipinski definition) is 5. The highest BCUT2D eigenvalue weighted by atomic mass is 32.2. The number of urea groups is 1. The summed E-state index contributed by atoms with van der Waals surface area (Å²) < 4.78 is 38.8. The first-order chi connectivity index (χ1) is 14.5. The van der Waals surface area contributed by atoms with Gasteiger partial charge >= 0.3 is 6.03 Å². The van der Waals surface area contributed by atoms with Crippen LogP contribution in [0.1, 0.15) is 11.7 Å². The van der Waals surface area contributed by atoms with Crippen molar-refractivity contribution in [3.63, 3.8) is 0 Å². The quantitative estimate of drug-likeness (QED) is 0.741. The van der Waals surface area contributed by atoms with E-state index in [0.717, 1.165) is 5.56 Å². The minimum Gasteiger partial charge on any atom is -0.497 e. The van der Waals surface area contributed by atoms with Gasteiger partial charge in [0.15, 0.2) is 0 Å². The zero-order valence-electron chi connectivity index (χ0n) is 16.8. The summed E-state index contributed by atoms with van der Waals surface area (Å²) in [6, 6.07) is 15.3. The second kappa shape index (κ2) is 8.63. The molecular weight excluding hydrogens is 406 g/mol. The van der Waals surface area contributed by atoms with Gasteiger partial charge in [-0.3, -0.25) is 0 Å². The molecule has 30 heavy (non-hydrogen) atoms. The Morgan fingerprint density at radius 3 is 2.27 bits per heavy atom. The van der Waals surface area contributed by atoms with Crippen LogP contribution in [0.5, 0.6) is 5.75 Å². The molecule has 2 fully saturated rings. The van der Waals surface area contributed by atoms with Crippen LogP contribution in [0.15, 0.2) is 59.5 Å². The molecule has 0 aliphatic carbocycles. The molecule has 8 nitrogen and oxygen atoms in total. The standard InChI is InChI=1S/C21H25N3O5S/c1-28-18-9-7-17(8-10-18)20-23(21(25)22-13-15-29-16-14-22)11-12-24(20)30(26,27)19-5-3-2-4-6-19/h2-10,20H,11-16H2,1H3/t20-/m0/s1. The Kier molecular flexibility index (Phi) is 5.94. The normalized spacial score (nSPS) is 20.4. The van der Waals surface area contributed by atoms with E-state index in [1.165, 1.54) is 4.31 Å². The van der Waals surface area contributed by atoms with E-state index < -0.39 is 16.2 Å². The minimum atomic E-state index is -3.78. The number of morpholine rings is 1. The first kappa shape index (κ1) is 20.6. The van der Waals surface area contributed by atoms with E-state index in [2.05, 4.69) is 0 Å². The van der Waals surface area contributed by atoms with Gasteiger partial charge in [0, 0.05) is 26.2 Å². The molecule has 2 heterocycles. The molecule has 0 N–H and O–H groups in total. The van der Waals surface area contributed by atoms with E-state index >= 15 is 0 Å². The van der Waals surface area contributed by atoms with E-state index in [4.69, 9.17) is 9.47 Å². The van der Waals surface area contributed by atoms with Crippen LogP contribution < -0.4 is 4.74 Å². The Balaban J connectivity index is 1.71. The summed E-state index contributed by atoms with van der Waals surface area (Å²) >= 11 is 0. The fraction of sp³-hybridized carbons (Fsp3) is 0.381. The van der Waals surface area contributed by atoms with E-state index in [1.54, 1.807) is 59.4 Å². The van der Waals surface area contributed by atoms with Gasteiger partial charge < -0.3 is 19.3 Å². The molecule has 0 radical (unpaired) electrons. The molecule has 0 unspecified atom stereocenters. The van der Waals surface area contributed by atoms with E-state index in [9.17, 15) is 13.2 Å². The summed E-state index contributed by atoms with van der Waals surface area (Å²) in [4.78, 5) is 16.8. The molecule has 1 atom stereocenters. The third-order valence-corrected chi connectivity index (χ3v) is 7.29. The van der Waals surface area contributed by atoms with Crippen molar-refractivity contribution in [2.24, 2.45) is 0 Å². The average Bonchev–Trinajstić information content (AvgIpc) is 3.26. The van der Waals surface area contributed by atoms with Crippen molar-refractivity contribution in [3.8, 4) is 5.75 Å². The van der Waals surface area contributed by atoms with E-state index in [1.807, 2.05) is 12.1 Å². The summed E-state index contributed by atoms with van der Waals surface area (Å²) in [5.41, 5.74) is 0.717. The fourth-order valence-electron chi connectivity index (χ4n) is 3.84. The number of methoxy groups -OCH3 is 1. The number of carbonyl (C=O) groups excluding carboxylic acids is 1. The van der Waals surface area contributed by atoms with Gasteiger partial charge in [0.1, 0.15) is 11.9 Å². The van der Waals surface area contributed by atoms with Crippen molar-refractivity contribution in [2.75, 3.05) is 46.5 Å². The average molecular weight is 432 g/mol. The van der Waals surface area contributed by atoms with E-state index in [-0.39, 0.29) is 17.5 Å². The Morgan fingerprint density at radius 2 is 1.63 bits per heavy atom. The number of hydrogen-bond donors (Lipinski definition) is 0. The van der Waals surface area contributed by atoms with Crippen LogP contribution in [0.25, 0.3) is 0 Å². The van der Waals surface area contributed by atoms with Crippen molar-refractivity contribution in [3.05, 3.63) is 60.2 Å². The maximum atomic E-state index is 13.4. The highest BCUT2D eigenvalue weighted by molar-refractivity contribution is 7.89. The summed E-state index contributed by atoms with van der Waals surface area (Å²) in [6.45, 7) is 2.51. The van der Waals surface area contributed by atoms with Gasteiger partial charge in [-0.25, -0.2) is 13.2 Å². The predicted molar refractivity (Wildman–Crippen MR) is 111 cm³/mol. The molecule has 9 heteroatoms. The molecule has 160 valence electrons. The molecule has 2 aliphatic heterocycles. The number of carbonyl (C=O) groups is 1. The van der Waals surface area contributed by atoms with Gasteiger partial charge in [-0.2, -0.15) is 4.31 Å². The van der Waals surface area contributed by atoms with Crippen LogP contribution in [0, 0.1) is 0 Å². The van der Waals surface area contributed by atoms with Crippen LogP contribution in [-0.4, -0.2) is 75.1 Å². The van der Waals surface area contributed by atoms with Gasteiger partial charge in [-0.1, -0.05) is 30.3 Å². The van der Waals surface area contributed by atoms with Crippen LogP contribution >= 0.6 is 0 Å². The summed E-state index contributed by atoms with van der Waals surface area (Å²) in [7, 11) is -2.21. The zero-order valence-corrected chi connectivity index (χ0v) is 17.6. The number of benzene rings is 2. The molecule has 2 aliphatic rings. The topological polar surface area (TPSA) is 79.4 Å². The van der Waals surface area contributed by atoms with Gasteiger partial charge in [0.2, 0.25) is 10.0 Å². The lowest BCUT2D eigenvalue weighted by Gasteiger charge is -2.35. The first-order valence-electron chi connectivity index (χ1n) is 9.86. The summed E-state index contributed by atoms with van der Waals surface area (Å²) in [5, 5.41) is 0. The van der Waals surface area contributed by atoms with Gasteiger partial charge in [-0.15, -0.1) is 0 Å². The maximum absolute atomic E-state index is 13.4. The molecule has 2 aromatic carbocycles. The van der Waals surface area contributed by atoms with Crippen molar-refractivity contribution >= 4 is 16.1 Å². The highest BCUT2D eigenvalue weighted by Gasteiger charge is 2.44. The Labute approximate surface area is 176 Å². The number of rotatable bonds is 4. The van der Waals surface area contributed by atoms with Crippen LogP contribution in [0.3, 0.4) is 0 Å². The predicted octanol–water partition coefficient (Wildman–Crippen LogP) is 2.15. The summed E-state index contributed by atoms with van der Waals surface area (Å²) in [6.07, 6.45) is -0.726. The molecule has 0 saturated carbocycles. The monoisotopic (exact) mass is 431 g/mol. The maximum Gasteiger partial charge on any atom is 0.321 e. The van der Waals surface area contributed by atoms with E-state index in [0.29, 0.717) is 38.6 Å². The Hall–Kier alpha value is -2.62. The van der Waals surface area contributed by atoms with Crippen LogP contribution in [-0.2, 0) is 14.8 Å². The fourth-order valence-corrected chi connectivity index (χ4v) is 5.44. The lowest BCUT2D eigenvalue weighted by Crippen LogP contribution is -2.49. The smallest absolute Gasteiger partial charge is 0.321 e. The number of ether oxygens (including phenoxy) is 2. The molecule has 0 bridgehead atoms. The lowest BCUT2D eigenvalue weighted by molar-refractivity contribution is 0.0400. The van der Waals surface area contributed by atoms with Crippen molar-refractivity contribution < 1.29 is 22.7 Å². The summed E-state index contributed by atoms with van der Waals surface area (Å²) in [5.74, 6) is 0.667. The molecule has 0 aromatic heterocycles. The highest BCUT2D eigenvalue weighted by Crippen LogP contribution is 2.36. The van der Waals surface area contributed by atoms with Gasteiger partial charge in [-0.05, 0) is 29.8 Å². The Bertz CT molecular complexity index is 975. The van der Waals surface area contributed by atoms with Crippen LogP contribution in [0.2, 0.25) is 0 Å². The second-order valence-electron chi connectivity index (χ2n) is 7.15.